The van der Waals surface area contributed by atoms with Crippen LogP contribution in [0, 0.1) is 0 Å². The number of carbonyl (C=O) groups excluding carboxylic acids is 3. The van der Waals surface area contributed by atoms with Crippen molar-refractivity contribution in [3.63, 3.8) is 0 Å². The van der Waals surface area contributed by atoms with Crippen molar-refractivity contribution >= 4 is 35.1 Å². The van der Waals surface area contributed by atoms with Crippen LogP contribution in [0.3, 0.4) is 0 Å². The van der Waals surface area contributed by atoms with E-state index in [2.05, 4.69) is 0 Å². The van der Waals surface area contributed by atoms with Crippen LogP contribution >= 0.6 is 11.6 Å². The average molecular weight is 411 g/mol. The number of benzene rings is 2. The van der Waals surface area contributed by atoms with Gasteiger partial charge in [-0.25, -0.2) is 4.79 Å². The molecule has 2 aromatic rings. The fourth-order valence-electron chi connectivity index (χ4n) is 4.40. The molecule has 1 unspecified atom stereocenters. The van der Waals surface area contributed by atoms with Gasteiger partial charge < -0.3 is 9.64 Å². The Kier molecular flexibility index (Phi) is 4.13. The first kappa shape index (κ1) is 18.2. The van der Waals surface area contributed by atoms with Gasteiger partial charge in [0.2, 0.25) is 11.6 Å². The third kappa shape index (κ3) is 2.74. The van der Waals surface area contributed by atoms with Gasteiger partial charge in [0.15, 0.2) is 0 Å². The lowest BCUT2D eigenvalue weighted by molar-refractivity contribution is -0.159. The number of nitrogens with zero attached hydrogens (tertiary/aromatic N) is 2. The van der Waals surface area contributed by atoms with Crippen molar-refractivity contribution in [1.82, 2.24) is 4.90 Å². The van der Waals surface area contributed by atoms with Crippen LogP contribution in [0.5, 0.6) is 0 Å². The first-order chi connectivity index (χ1) is 14.0. The summed E-state index contributed by atoms with van der Waals surface area (Å²) < 4.78 is 5.66. The monoisotopic (exact) mass is 410 g/mol. The molecule has 0 bridgehead atoms. The zero-order valence-electron chi connectivity index (χ0n) is 15.6. The van der Waals surface area contributed by atoms with Crippen molar-refractivity contribution < 1.29 is 19.1 Å². The van der Waals surface area contributed by atoms with Crippen molar-refractivity contribution in [2.75, 3.05) is 4.90 Å². The van der Waals surface area contributed by atoms with E-state index in [0.717, 1.165) is 18.4 Å². The topological polar surface area (TPSA) is 66.9 Å². The van der Waals surface area contributed by atoms with Crippen LogP contribution in [0.25, 0.3) is 0 Å². The minimum absolute atomic E-state index is 0.0253. The summed E-state index contributed by atoms with van der Waals surface area (Å²) in [6, 6.07) is 14.0. The molecule has 2 fully saturated rings. The van der Waals surface area contributed by atoms with Crippen molar-refractivity contribution in [3.8, 4) is 0 Å². The molecule has 0 spiro atoms. The van der Waals surface area contributed by atoms with E-state index < -0.39 is 11.6 Å². The Morgan fingerprint density at radius 1 is 1.14 bits per heavy atom. The Morgan fingerprint density at radius 3 is 2.69 bits per heavy atom. The molecule has 0 N–H and O–H groups in total. The van der Waals surface area contributed by atoms with Gasteiger partial charge in [-0.2, -0.15) is 0 Å². The smallest absolute Gasteiger partial charge is 0.354 e. The molecule has 7 heteroatoms. The molecule has 6 nitrogen and oxygen atoms in total. The Balaban J connectivity index is 1.55. The molecule has 2 heterocycles. The lowest BCUT2D eigenvalue weighted by Gasteiger charge is -2.48. The van der Waals surface area contributed by atoms with Crippen LogP contribution in [0.4, 0.5) is 5.69 Å². The molecule has 3 aliphatic rings. The van der Waals surface area contributed by atoms with Crippen LogP contribution in [-0.2, 0) is 20.9 Å². The molecule has 29 heavy (non-hydrogen) atoms. The van der Waals surface area contributed by atoms with E-state index in [9.17, 15) is 14.4 Å². The number of para-hydroxylation sites is 1. The summed E-state index contributed by atoms with van der Waals surface area (Å²) in [4.78, 5) is 42.7. The molecular formula is C22H19ClN2O4. The average Bonchev–Trinajstić information content (AvgIpc) is 3.49. The van der Waals surface area contributed by atoms with Crippen LogP contribution in [0.1, 0.15) is 41.6 Å². The van der Waals surface area contributed by atoms with E-state index in [1.807, 2.05) is 6.07 Å². The highest BCUT2D eigenvalue weighted by Crippen LogP contribution is 2.49. The first-order valence-corrected chi connectivity index (χ1v) is 10.1. The molecule has 0 radical (unpaired) electrons. The summed E-state index contributed by atoms with van der Waals surface area (Å²) >= 11 is 6.02. The number of amides is 2. The second kappa shape index (κ2) is 6.59. The standard InChI is InChI=1S/C22H19ClN2O4/c23-15-5-3-4-14(12-15)13-29-21(28)22-11-10-19(26)25(22)18-7-2-1-6-17(18)20(27)24(22)16-8-9-16/h1-7,12,16H,8-11,13H2. The van der Waals surface area contributed by atoms with Gasteiger partial charge in [0.1, 0.15) is 6.61 Å². The number of rotatable bonds is 4. The quantitative estimate of drug-likeness (QED) is 0.723. The predicted molar refractivity (Wildman–Crippen MR) is 106 cm³/mol. The van der Waals surface area contributed by atoms with E-state index in [0.29, 0.717) is 16.3 Å². The molecule has 1 saturated heterocycles. The second-order valence-electron chi connectivity index (χ2n) is 7.68. The van der Waals surface area contributed by atoms with Crippen LogP contribution < -0.4 is 4.90 Å². The van der Waals surface area contributed by atoms with Gasteiger partial charge in [-0.15, -0.1) is 0 Å². The minimum Gasteiger partial charge on any atom is -0.458 e. The van der Waals surface area contributed by atoms with Gasteiger partial charge in [-0.05, 0) is 42.7 Å². The zero-order chi connectivity index (χ0) is 20.2. The molecule has 1 aliphatic carbocycles. The Bertz CT molecular complexity index is 1030. The van der Waals surface area contributed by atoms with E-state index in [-0.39, 0.29) is 37.3 Å². The molecule has 0 aromatic heterocycles. The maximum Gasteiger partial charge on any atom is 0.354 e. The zero-order valence-corrected chi connectivity index (χ0v) is 16.4. The third-order valence-corrected chi connectivity index (χ3v) is 6.03. The molecule has 2 aromatic carbocycles. The van der Waals surface area contributed by atoms with Gasteiger partial charge in [-0.1, -0.05) is 35.9 Å². The normalized spacial score (nSPS) is 23.1. The lowest BCUT2D eigenvalue weighted by Crippen LogP contribution is -2.69. The number of esters is 1. The van der Waals surface area contributed by atoms with Crippen molar-refractivity contribution in [2.24, 2.45) is 0 Å². The number of anilines is 1. The predicted octanol–water partition coefficient (Wildman–Crippen LogP) is 3.52. The first-order valence-electron chi connectivity index (χ1n) is 9.70. The number of hydrogen-bond acceptors (Lipinski definition) is 4. The van der Waals surface area contributed by atoms with Gasteiger partial charge in [0.25, 0.3) is 5.91 Å². The fraction of sp³-hybridized carbons (Fsp3) is 0.318. The van der Waals surface area contributed by atoms with E-state index in [4.69, 9.17) is 16.3 Å². The number of halogens is 1. The molecule has 1 saturated carbocycles. The van der Waals surface area contributed by atoms with Gasteiger partial charge in [0, 0.05) is 23.9 Å². The SMILES string of the molecule is O=C1CCC2(C(=O)OCc3cccc(Cl)c3)N1c1ccccc1C(=O)N2C1CC1. The van der Waals surface area contributed by atoms with E-state index >= 15 is 0 Å². The van der Waals surface area contributed by atoms with Crippen molar-refractivity contribution in [1.29, 1.82) is 0 Å². The van der Waals surface area contributed by atoms with Gasteiger partial charge >= 0.3 is 5.97 Å². The van der Waals surface area contributed by atoms with E-state index in [1.54, 1.807) is 47.4 Å². The van der Waals surface area contributed by atoms with Crippen molar-refractivity contribution in [3.05, 3.63) is 64.7 Å². The maximum absolute atomic E-state index is 13.5. The summed E-state index contributed by atoms with van der Waals surface area (Å²) in [6.45, 7) is 0.0253. The van der Waals surface area contributed by atoms with Crippen molar-refractivity contribution in [2.45, 2.75) is 44.0 Å². The molecule has 2 amide bonds. The van der Waals surface area contributed by atoms with Crippen LogP contribution in [-0.4, -0.2) is 34.4 Å². The second-order valence-corrected chi connectivity index (χ2v) is 8.11. The van der Waals surface area contributed by atoms with Crippen LogP contribution in [0.15, 0.2) is 48.5 Å². The highest BCUT2D eigenvalue weighted by molar-refractivity contribution is 6.30. The van der Waals surface area contributed by atoms with Gasteiger partial charge in [0.05, 0.1) is 11.3 Å². The number of ether oxygens (including phenoxy) is 1. The molecule has 5 rings (SSSR count). The maximum atomic E-state index is 13.5. The fourth-order valence-corrected chi connectivity index (χ4v) is 4.62. The minimum atomic E-state index is -1.41. The largest absolute Gasteiger partial charge is 0.458 e. The number of carbonyl (C=O) groups is 3. The summed E-state index contributed by atoms with van der Waals surface area (Å²) in [7, 11) is 0. The highest BCUT2D eigenvalue weighted by Gasteiger charge is 2.64. The highest BCUT2D eigenvalue weighted by atomic mass is 35.5. The summed E-state index contributed by atoms with van der Waals surface area (Å²) in [6.07, 6.45) is 2.06. The van der Waals surface area contributed by atoms with Crippen LogP contribution in [0.2, 0.25) is 5.02 Å². The van der Waals surface area contributed by atoms with E-state index in [1.165, 1.54) is 4.90 Å². The molecule has 148 valence electrons. The summed E-state index contributed by atoms with van der Waals surface area (Å²) in [5, 5.41) is 0.552. The molecule has 1 atom stereocenters. The lowest BCUT2D eigenvalue weighted by atomic mass is 9.96. The number of fused-ring (bicyclic) bond motifs is 3. The van der Waals surface area contributed by atoms with Gasteiger partial charge in [-0.3, -0.25) is 14.5 Å². The Hall–Kier alpha value is -2.86. The summed E-state index contributed by atoms with van der Waals surface area (Å²) in [5.74, 6) is -0.956. The molecule has 2 aliphatic heterocycles. The Morgan fingerprint density at radius 2 is 1.93 bits per heavy atom. The summed E-state index contributed by atoms with van der Waals surface area (Å²) in [5.41, 5.74) is 0.269. The molecular weight excluding hydrogens is 392 g/mol. The number of hydrogen-bond donors (Lipinski definition) is 0. The Labute approximate surface area is 173 Å². The third-order valence-electron chi connectivity index (χ3n) is 5.80.